The number of hydrogen-bond donors (Lipinski definition) is 2. The Hall–Kier alpha value is -2.58. The molecule has 2 aromatic rings. The van der Waals surface area contributed by atoms with E-state index in [4.69, 9.17) is 9.88 Å². The highest BCUT2D eigenvalue weighted by Crippen LogP contribution is 2.43. The first kappa shape index (κ1) is 19.2. The second-order valence-electron chi connectivity index (χ2n) is 7.42. The van der Waals surface area contributed by atoms with Gasteiger partial charge in [-0.3, -0.25) is 0 Å². The molecule has 0 spiro atoms. The molecule has 1 aliphatic heterocycles. The third-order valence-corrected chi connectivity index (χ3v) is 5.49. The van der Waals surface area contributed by atoms with Crippen LogP contribution < -0.4 is 14.8 Å². The Bertz CT molecular complexity index is 971. The molecule has 0 radical (unpaired) electrons. The molecule has 2 aromatic carbocycles. The first-order chi connectivity index (χ1) is 12.6. The summed E-state index contributed by atoms with van der Waals surface area (Å²) in [4.78, 5) is 13.2. The number of sulfonamides is 1. The van der Waals surface area contributed by atoms with Crippen LogP contribution in [0.2, 0.25) is 0 Å². The summed E-state index contributed by atoms with van der Waals surface area (Å²) in [7, 11) is -4.21. The smallest absolute Gasteiger partial charge is 0.335 e. The first-order valence-corrected chi connectivity index (χ1v) is 10.0. The van der Waals surface area contributed by atoms with Gasteiger partial charge in [-0.05, 0) is 36.1 Å². The van der Waals surface area contributed by atoms with Crippen molar-refractivity contribution >= 4 is 21.7 Å². The van der Waals surface area contributed by atoms with Gasteiger partial charge in [-0.15, -0.1) is 0 Å². The minimum Gasteiger partial charge on any atom is -0.478 e. The molecular formula is C19H22N2O5S. The van der Waals surface area contributed by atoms with Gasteiger partial charge in [0.05, 0.1) is 11.3 Å². The number of para-hydroxylation sites is 1. The number of aromatic carboxylic acids is 1. The van der Waals surface area contributed by atoms with E-state index in [2.05, 4.69) is 13.8 Å². The van der Waals surface area contributed by atoms with Gasteiger partial charge < -0.3 is 14.7 Å². The largest absolute Gasteiger partial charge is 0.478 e. The van der Waals surface area contributed by atoms with E-state index in [0.717, 1.165) is 12.5 Å². The number of rotatable bonds is 5. The number of carboxylic acid groups (broad SMARTS) is 1. The molecule has 0 bridgehead atoms. The summed E-state index contributed by atoms with van der Waals surface area (Å²) < 4.78 is 30.3. The molecule has 0 unspecified atom stereocenters. The van der Waals surface area contributed by atoms with Gasteiger partial charge in [-0.1, -0.05) is 32.0 Å². The topological polar surface area (TPSA) is 110 Å². The number of benzene rings is 2. The van der Waals surface area contributed by atoms with Gasteiger partial charge in [0, 0.05) is 13.1 Å². The van der Waals surface area contributed by atoms with Crippen LogP contribution in [-0.2, 0) is 10.0 Å². The molecule has 144 valence electrons. The van der Waals surface area contributed by atoms with Gasteiger partial charge in [0.15, 0.2) is 5.75 Å². The highest BCUT2D eigenvalue weighted by molar-refractivity contribution is 7.89. The monoisotopic (exact) mass is 390 g/mol. The molecule has 3 rings (SSSR count). The molecule has 1 heterocycles. The molecule has 7 nitrogen and oxygen atoms in total. The third kappa shape index (κ3) is 4.23. The molecule has 3 N–H and O–H groups in total. The summed E-state index contributed by atoms with van der Waals surface area (Å²) in [5, 5.41) is 14.8. The number of primary sulfonamides is 1. The van der Waals surface area contributed by atoms with Crippen molar-refractivity contribution in [3.63, 3.8) is 0 Å². The van der Waals surface area contributed by atoms with E-state index in [0.29, 0.717) is 24.5 Å². The van der Waals surface area contributed by atoms with Crippen molar-refractivity contribution in [2.75, 3.05) is 18.0 Å². The van der Waals surface area contributed by atoms with Gasteiger partial charge in [0.1, 0.15) is 10.6 Å². The summed E-state index contributed by atoms with van der Waals surface area (Å²) in [6, 6.07) is 11.2. The molecule has 8 heteroatoms. The number of carbonyl (C=O) groups is 1. The molecule has 1 fully saturated rings. The minimum atomic E-state index is -4.21. The summed E-state index contributed by atoms with van der Waals surface area (Å²) >= 11 is 0. The van der Waals surface area contributed by atoms with Gasteiger partial charge in [0.25, 0.3) is 0 Å². The van der Waals surface area contributed by atoms with E-state index < -0.39 is 16.0 Å². The van der Waals surface area contributed by atoms with Crippen molar-refractivity contribution in [2.24, 2.45) is 10.6 Å². The average Bonchev–Trinajstić information content (AvgIpc) is 2.94. The Labute approximate surface area is 158 Å². The lowest BCUT2D eigenvalue weighted by atomic mass is 9.93. The van der Waals surface area contributed by atoms with E-state index in [1.54, 1.807) is 24.3 Å². The van der Waals surface area contributed by atoms with E-state index in [9.17, 15) is 18.3 Å². The predicted octanol–water partition coefficient (Wildman–Crippen LogP) is 3.06. The van der Waals surface area contributed by atoms with Gasteiger partial charge in [0.2, 0.25) is 10.0 Å². The summed E-state index contributed by atoms with van der Waals surface area (Å²) in [5.74, 6) is -0.748. The number of nitrogens with zero attached hydrogens (tertiary/aromatic N) is 1. The number of ether oxygens (including phenoxy) is 1. The Morgan fingerprint density at radius 1 is 1.22 bits per heavy atom. The second-order valence-corrected chi connectivity index (χ2v) is 8.95. The number of hydrogen-bond acceptors (Lipinski definition) is 5. The fourth-order valence-electron chi connectivity index (χ4n) is 3.18. The van der Waals surface area contributed by atoms with Crippen LogP contribution in [0, 0.1) is 5.41 Å². The predicted molar refractivity (Wildman–Crippen MR) is 102 cm³/mol. The van der Waals surface area contributed by atoms with E-state index in [1.165, 1.54) is 6.07 Å². The molecule has 0 aliphatic carbocycles. The van der Waals surface area contributed by atoms with Crippen molar-refractivity contribution in [3.05, 3.63) is 48.0 Å². The summed E-state index contributed by atoms with van der Waals surface area (Å²) in [5.41, 5.74) is 0.276. The van der Waals surface area contributed by atoms with Crippen LogP contribution in [0.4, 0.5) is 5.69 Å². The SMILES string of the molecule is CC1(C)CCN(c2cc(C(=O)O)cc(S(N)(=O)=O)c2Oc2ccccc2)C1. The molecule has 0 aromatic heterocycles. The van der Waals surface area contributed by atoms with Crippen LogP contribution >= 0.6 is 0 Å². The quantitative estimate of drug-likeness (QED) is 0.812. The summed E-state index contributed by atoms with van der Waals surface area (Å²) in [6.07, 6.45) is 0.889. The zero-order chi connectivity index (χ0) is 19.8. The maximum Gasteiger partial charge on any atom is 0.335 e. The van der Waals surface area contributed by atoms with Crippen molar-refractivity contribution in [2.45, 2.75) is 25.2 Å². The minimum absolute atomic E-state index is 0.0188. The molecule has 0 atom stereocenters. The zero-order valence-corrected chi connectivity index (χ0v) is 16.0. The van der Waals surface area contributed by atoms with Crippen molar-refractivity contribution in [1.82, 2.24) is 0 Å². The fourth-order valence-corrected chi connectivity index (χ4v) is 3.88. The first-order valence-electron chi connectivity index (χ1n) is 8.49. The molecule has 1 saturated heterocycles. The number of carboxylic acids is 1. The van der Waals surface area contributed by atoms with Crippen LogP contribution in [0.25, 0.3) is 0 Å². The van der Waals surface area contributed by atoms with E-state index in [-0.39, 0.29) is 21.6 Å². The Balaban J connectivity index is 2.21. The number of anilines is 1. The fraction of sp³-hybridized carbons (Fsp3) is 0.316. The maximum atomic E-state index is 12.2. The average molecular weight is 390 g/mol. The molecule has 1 aliphatic rings. The molecule has 0 amide bonds. The van der Waals surface area contributed by atoms with Gasteiger partial charge in [-0.2, -0.15) is 0 Å². The number of nitrogens with two attached hydrogens (primary N) is 1. The van der Waals surface area contributed by atoms with Crippen LogP contribution in [0.5, 0.6) is 11.5 Å². The zero-order valence-electron chi connectivity index (χ0n) is 15.2. The molecule has 27 heavy (non-hydrogen) atoms. The molecular weight excluding hydrogens is 368 g/mol. The lowest BCUT2D eigenvalue weighted by Gasteiger charge is -2.25. The highest BCUT2D eigenvalue weighted by atomic mass is 32.2. The Kier molecular flexibility index (Phi) is 4.88. The Morgan fingerprint density at radius 2 is 1.89 bits per heavy atom. The Morgan fingerprint density at radius 3 is 2.41 bits per heavy atom. The van der Waals surface area contributed by atoms with E-state index >= 15 is 0 Å². The van der Waals surface area contributed by atoms with Crippen molar-refractivity contribution in [1.29, 1.82) is 0 Å². The second kappa shape index (κ2) is 6.86. The van der Waals surface area contributed by atoms with Crippen LogP contribution in [0.3, 0.4) is 0 Å². The lowest BCUT2D eigenvalue weighted by Crippen LogP contribution is -2.25. The molecule has 0 saturated carbocycles. The maximum absolute atomic E-state index is 12.2. The van der Waals surface area contributed by atoms with Crippen LogP contribution in [-0.4, -0.2) is 32.6 Å². The summed E-state index contributed by atoms with van der Waals surface area (Å²) in [6.45, 7) is 5.51. The van der Waals surface area contributed by atoms with Crippen molar-refractivity contribution < 1.29 is 23.1 Å². The van der Waals surface area contributed by atoms with Crippen molar-refractivity contribution in [3.8, 4) is 11.5 Å². The lowest BCUT2D eigenvalue weighted by molar-refractivity contribution is 0.0696. The normalized spacial score (nSPS) is 16.3. The van der Waals surface area contributed by atoms with Crippen LogP contribution in [0.15, 0.2) is 47.4 Å². The van der Waals surface area contributed by atoms with Gasteiger partial charge in [-0.25, -0.2) is 18.4 Å². The standard InChI is InChI=1S/C19H22N2O5S/c1-19(2)8-9-21(12-19)15-10-13(18(22)23)11-16(27(20,24)25)17(15)26-14-6-4-3-5-7-14/h3-7,10-11H,8-9,12H2,1-2H3,(H,22,23)(H2,20,24,25). The highest BCUT2D eigenvalue weighted by Gasteiger charge is 2.33. The van der Waals surface area contributed by atoms with Gasteiger partial charge >= 0.3 is 5.97 Å². The van der Waals surface area contributed by atoms with E-state index in [1.807, 2.05) is 11.0 Å². The third-order valence-electron chi connectivity index (χ3n) is 4.57. The van der Waals surface area contributed by atoms with Crippen LogP contribution in [0.1, 0.15) is 30.6 Å².